The maximum absolute atomic E-state index is 5.97. The first kappa shape index (κ1) is 7.15. The summed E-state index contributed by atoms with van der Waals surface area (Å²) in [6.45, 7) is 0. The van der Waals surface area contributed by atoms with Gasteiger partial charge >= 0.3 is 0 Å². The summed E-state index contributed by atoms with van der Waals surface area (Å²) in [5, 5.41) is 1.41. The number of H-pyrrole nitrogens is 1. The molecule has 13 heavy (non-hydrogen) atoms. The van der Waals surface area contributed by atoms with Gasteiger partial charge in [0.25, 0.3) is 0 Å². The molecule has 0 amide bonds. The summed E-state index contributed by atoms with van der Waals surface area (Å²) in [4.78, 5) is 3.28. The summed E-state index contributed by atoms with van der Waals surface area (Å²) in [6, 6.07) is 6.70. The van der Waals surface area contributed by atoms with Gasteiger partial charge in [0.15, 0.2) is 0 Å². The van der Waals surface area contributed by atoms with E-state index in [1.807, 2.05) is 0 Å². The largest absolute Gasteiger partial charge is 0.361 e. The third kappa shape index (κ3) is 0.923. The predicted molar refractivity (Wildman–Crippen MR) is 53.7 cm³/mol. The number of nitrogens with two attached hydrogens (primary N) is 1. The van der Waals surface area contributed by atoms with Gasteiger partial charge in [0, 0.05) is 23.1 Å². The van der Waals surface area contributed by atoms with E-state index in [-0.39, 0.29) is 0 Å². The average Bonchev–Trinajstić information content (AvgIpc) is 2.50. The van der Waals surface area contributed by atoms with Gasteiger partial charge in [0.1, 0.15) is 0 Å². The monoisotopic (exact) mass is 172 g/mol. The van der Waals surface area contributed by atoms with Crippen LogP contribution in [0.2, 0.25) is 0 Å². The number of aromatic nitrogens is 1. The normalized spacial score (nSPS) is 20.8. The van der Waals surface area contributed by atoms with Crippen LogP contribution in [0.4, 0.5) is 0 Å². The number of benzene rings is 1. The molecule has 1 atom stereocenters. The summed E-state index contributed by atoms with van der Waals surface area (Å²) in [7, 11) is 0. The van der Waals surface area contributed by atoms with E-state index in [1.165, 1.54) is 22.0 Å². The van der Waals surface area contributed by atoms with Crippen LogP contribution in [0.3, 0.4) is 0 Å². The van der Waals surface area contributed by atoms with E-state index in [0.717, 1.165) is 12.8 Å². The number of hydrogen-bond donors (Lipinski definition) is 2. The second-order valence-electron chi connectivity index (χ2n) is 3.82. The van der Waals surface area contributed by atoms with Gasteiger partial charge in [-0.2, -0.15) is 0 Å². The van der Waals surface area contributed by atoms with Gasteiger partial charge in [-0.3, -0.25) is 0 Å². The first-order valence-corrected chi connectivity index (χ1v) is 4.68. The lowest BCUT2D eigenvalue weighted by molar-refractivity contribution is 0.657. The summed E-state index contributed by atoms with van der Waals surface area (Å²) in [5.41, 5.74) is 9.99. The van der Waals surface area contributed by atoms with Gasteiger partial charge in [-0.15, -0.1) is 0 Å². The zero-order chi connectivity index (χ0) is 8.84. The Labute approximate surface area is 76.8 Å². The highest BCUT2D eigenvalue weighted by atomic mass is 14.7. The van der Waals surface area contributed by atoms with E-state index in [0.29, 0.717) is 6.04 Å². The van der Waals surface area contributed by atoms with Crippen LogP contribution < -0.4 is 5.73 Å². The Balaban J connectivity index is 2.38. The molecule has 1 heterocycles. The SMILES string of the molecule is NC1Cc2cccc3[nH]cc(c23)C1. The van der Waals surface area contributed by atoms with E-state index in [4.69, 9.17) is 5.73 Å². The Morgan fingerprint density at radius 3 is 3.00 bits per heavy atom. The van der Waals surface area contributed by atoms with Crippen molar-refractivity contribution in [2.75, 3.05) is 0 Å². The van der Waals surface area contributed by atoms with Crippen LogP contribution >= 0.6 is 0 Å². The Morgan fingerprint density at radius 2 is 2.08 bits per heavy atom. The molecule has 1 aromatic carbocycles. The first-order valence-electron chi connectivity index (χ1n) is 4.68. The zero-order valence-corrected chi connectivity index (χ0v) is 7.38. The molecule has 3 rings (SSSR count). The van der Waals surface area contributed by atoms with E-state index in [9.17, 15) is 0 Å². The van der Waals surface area contributed by atoms with Crippen molar-refractivity contribution in [2.24, 2.45) is 5.73 Å². The smallest absolute Gasteiger partial charge is 0.0459 e. The summed E-state index contributed by atoms with van der Waals surface area (Å²) in [6.07, 6.45) is 4.12. The molecule has 3 N–H and O–H groups in total. The lowest BCUT2D eigenvalue weighted by atomic mass is 9.90. The Kier molecular flexibility index (Phi) is 1.30. The molecule has 2 nitrogen and oxygen atoms in total. The highest BCUT2D eigenvalue weighted by Gasteiger charge is 2.18. The third-order valence-electron chi connectivity index (χ3n) is 2.84. The zero-order valence-electron chi connectivity index (χ0n) is 7.38. The number of hydrogen-bond acceptors (Lipinski definition) is 1. The topological polar surface area (TPSA) is 41.8 Å². The van der Waals surface area contributed by atoms with Crippen molar-refractivity contribution in [1.82, 2.24) is 4.98 Å². The fourth-order valence-corrected chi connectivity index (χ4v) is 2.30. The van der Waals surface area contributed by atoms with Gasteiger partial charge in [0.2, 0.25) is 0 Å². The quantitative estimate of drug-likeness (QED) is 0.622. The Morgan fingerprint density at radius 1 is 1.23 bits per heavy atom. The number of aromatic amines is 1. The Bertz CT molecular complexity index is 456. The molecule has 1 aromatic heterocycles. The third-order valence-corrected chi connectivity index (χ3v) is 2.84. The molecule has 1 unspecified atom stereocenters. The molecule has 1 aliphatic rings. The van der Waals surface area contributed by atoms with E-state index >= 15 is 0 Å². The van der Waals surface area contributed by atoms with Gasteiger partial charge in [-0.05, 0) is 30.0 Å². The molecule has 0 fully saturated rings. The lowest BCUT2D eigenvalue weighted by Gasteiger charge is -2.18. The minimum absolute atomic E-state index is 0.300. The molecule has 66 valence electrons. The number of rotatable bonds is 0. The minimum Gasteiger partial charge on any atom is -0.361 e. The molecule has 1 aliphatic carbocycles. The molecule has 2 heteroatoms. The van der Waals surface area contributed by atoms with Crippen LogP contribution in [0.1, 0.15) is 11.1 Å². The second-order valence-corrected chi connectivity index (χ2v) is 3.82. The maximum atomic E-state index is 5.97. The predicted octanol–water partition coefficient (Wildman–Crippen LogP) is 1.59. The molecule has 0 radical (unpaired) electrons. The molecular formula is C11H12N2. The van der Waals surface area contributed by atoms with Gasteiger partial charge < -0.3 is 10.7 Å². The highest BCUT2D eigenvalue weighted by molar-refractivity contribution is 5.87. The van der Waals surface area contributed by atoms with Crippen LogP contribution in [-0.4, -0.2) is 11.0 Å². The van der Waals surface area contributed by atoms with E-state index in [2.05, 4.69) is 29.4 Å². The summed E-state index contributed by atoms with van der Waals surface area (Å²) in [5.74, 6) is 0. The maximum Gasteiger partial charge on any atom is 0.0459 e. The molecule has 2 aromatic rings. The molecule has 0 aliphatic heterocycles. The van der Waals surface area contributed by atoms with Crippen molar-refractivity contribution in [3.8, 4) is 0 Å². The van der Waals surface area contributed by atoms with E-state index < -0.39 is 0 Å². The van der Waals surface area contributed by atoms with Crippen molar-refractivity contribution in [1.29, 1.82) is 0 Å². The van der Waals surface area contributed by atoms with Crippen LogP contribution in [0.25, 0.3) is 10.9 Å². The molecule has 0 spiro atoms. The highest BCUT2D eigenvalue weighted by Crippen LogP contribution is 2.28. The van der Waals surface area contributed by atoms with Gasteiger partial charge in [0.05, 0.1) is 0 Å². The van der Waals surface area contributed by atoms with E-state index in [1.54, 1.807) is 0 Å². The second kappa shape index (κ2) is 2.36. The van der Waals surface area contributed by atoms with Gasteiger partial charge in [-0.25, -0.2) is 0 Å². The van der Waals surface area contributed by atoms with Crippen LogP contribution in [0.15, 0.2) is 24.4 Å². The number of nitrogens with one attached hydrogen (secondary N) is 1. The first-order chi connectivity index (χ1) is 6.34. The fourth-order valence-electron chi connectivity index (χ4n) is 2.30. The summed E-state index contributed by atoms with van der Waals surface area (Å²) < 4.78 is 0. The van der Waals surface area contributed by atoms with Crippen molar-refractivity contribution in [3.05, 3.63) is 35.5 Å². The average molecular weight is 172 g/mol. The van der Waals surface area contributed by atoms with Crippen molar-refractivity contribution >= 4 is 10.9 Å². The van der Waals surface area contributed by atoms with Gasteiger partial charge in [-0.1, -0.05) is 12.1 Å². The molecule has 0 saturated carbocycles. The standard InChI is InChI=1S/C11H12N2/c12-9-4-7-2-1-3-10-11(7)8(5-9)6-13-10/h1-3,6,9,13H,4-5,12H2. The van der Waals surface area contributed by atoms with Crippen molar-refractivity contribution in [3.63, 3.8) is 0 Å². The van der Waals surface area contributed by atoms with Crippen LogP contribution in [0.5, 0.6) is 0 Å². The molecule has 0 bridgehead atoms. The fraction of sp³-hybridized carbons (Fsp3) is 0.273. The van der Waals surface area contributed by atoms with Crippen molar-refractivity contribution in [2.45, 2.75) is 18.9 Å². The van der Waals surface area contributed by atoms with Crippen LogP contribution in [-0.2, 0) is 12.8 Å². The minimum atomic E-state index is 0.300. The van der Waals surface area contributed by atoms with Crippen molar-refractivity contribution < 1.29 is 0 Å². The summed E-state index contributed by atoms with van der Waals surface area (Å²) >= 11 is 0. The molecular weight excluding hydrogens is 160 g/mol. The molecule has 0 saturated heterocycles. The lowest BCUT2D eigenvalue weighted by Crippen LogP contribution is -2.28. The van der Waals surface area contributed by atoms with Crippen LogP contribution in [0, 0.1) is 0 Å². The Hall–Kier alpha value is -1.28.